The largest absolute Gasteiger partial charge is 0.325 e. The summed E-state index contributed by atoms with van der Waals surface area (Å²) in [5.74, 6) is -0.192. The van der Waals surface area contributed by atoms with Gasteiger partial charge in [-0.1, -0.05) is 6.07 Å². The van der Waals surface area contributed by atoms with Gasteiger partial charge >= 0.3 is 0 Å². The highest BCUT2D eigenvalue weighted by Gasteiger charge is 2.21. The molecule has 4 rings (SSSR count). The Morgan fingerprint density at radius 3 is 3.00 bits per heavy atom. The smallest absolute Gasteiger partial charge is 0.124 e. The van der Waals surface area contributed by atoms with E-state index in [4.69, 9.17) is 0 Å². The quantitative estimate of drug-likeness (QED) is 0.861. The van der Waals surface area contributed by atoms with Crippen LogP contribution in [0.3, 0.4) is 0 Å². The number of hydrogen-bond acceptors (Lipinski definition) is 3. The normalized spacial score (nSPS) is 20.0. The number of nitrogens with zero attached hydrogens (tertiary/aromatic N) is 2. The fourth-order valence-electron chi connectivity index (χ4n) is 3.12. The molecule has 1 aliphatic heterocycles. The highest BCUT2D eigenvalue weighted by Crippen LogP contribution is 2.29. The standard InChI is InChI=1S/C18H21FN4/c19-14-4-3-13(7-9-20-15-5-6-15)16(12-14)17-2-1-11-23(17)18-8-10-21-22-18/h1-4,10-12,15,18,20,22H,5-9H2/t18-/m0/s1. The van der Waals surface area contributed by atoms with Crippen molar-refractivity contribution in [3.05, 3.63) is 47.9 Å². The van der Waals surface area contributed by atoms with Gasteiger partial charge in [0.2, 0.25) is 0 Å². The topological polar surface area (TPSA) is 41.4 Å². The summed E-state index contributed by atoms with van der Waals surface area (Å²) in [5.41, 5.74) is 6.28. The molecule has 0 spiro atoms. The highest BCUT2D eigenvalue weighted by molar-refractivity contribution is 5.66. The summed E-state index contributed by atoms with van der Waals surface area (Å²) in [6.07, 6.45) is 8.33. The third kappa shape index (κ3) is 3.15. The van der Waals surface area contributed by atoms with Crippen molar-refractivity contribution >= 4 is 6.21 Å². The second-order valence-electron chi connectivity index (χ2n) is 6.27. The maximum absolute atomic E-state index is 13.8. The average molecular weight is 312 g/mol. The van der Waals surface area contributed by atoms with E-state index in [0.717, 1.165) is 30.6 Å². The van der Waals surface area contributed by atoms with Crippen molar-refractivity contribution in [2.24, 2.45) is 5.10 Å². The average Bonchev–Trinajstić information content (AvgIpc) is 3.04. The number of nitrogens with one attached hydrogen (secondary N) is 2. The molecule has 4 nitrogen and oxygen atoms in total. The van der Waals surface area contributed by atoms with Gasteiger partial charge in [0.05, 0.1) is 5.69 Å². The van der Waals surface area contributed by atoms with E-state index >= 15 is 0 Å². The van der Waals surface area contributed by atoms with Crippen molar-refractivity contribution < 1.29 is 4.39 Å². The second-order valence-corrected chi connectivity index (χ2v) is 6.27. The van der Waals surface area contributed by atoms with Crippen molar-refractivity contribution in [3.63, 3.8) is 0 Å². The molecule has 1 atom stereocenters. The number of halogens is 1. The Balaban J connectivity index is 1.61. The zero-order chi connectivity index (χ0) is 15.6. The Hall–Kier alpha value is -2.14. The first-order valence-corrected chi connectivity index (χ1v) is 8.27. The molecule has 1 fully saturated rings. The molecule has 0 saturated heterocycles. The first-order valence-electron chi connectivity index (χ1n) is 8.27. The van der Waals surface area contributed by atoms with Crippen LogP contribution in [0.15, 0.2) is 41.6 Å². The second kappa shape index (κ2) is 6.16. The Kier molecular flexibility index (Phi) is 3.87. The van der Waals surface area contributed by atoms with Crippen LogP contribution >= 0.6 is 0 Å². The van der Waals surface area contributed by atoms with E-state index in [9.17, 15) is 4.39 Å². The maximum atomic E-state index is 13.8. The van der Waals surface area contributed by atoms with Crippen LogP contribution in [0.1, 0.15) is 31.0 Å². The van der Waals surface area contributed by atoms with E-state index in [-0.39, 0.29) is 12.0 Å². The van der Waals surface area contributed by atoms with Gasteiger partial charge in [-0.15, -0.1) is 0 Å². The van der Waals surface area contributed by atoms with Crippen molar-refractivity contribution in [3.8, 4) is 11.3 Å². The Labute approximate surface area is 135 Å². The molecule has 1 aliphatic carbocycles. The van der Waals surface area contributed by atoms with E-state index in [1.54, 1.807) is 12.1 Å². The van der Waals surface area contributed by atoms with E-state index in [2.05, 4.69) is 20.4 Å². The summed E-state index contributed by atoms with van der Waals surface area (Å²) in [4.78, 5) is 0. The zero-order valence-corrected chi connectivity index (χ0v) is 13.0. The van der Waals surface area contributed by atoms with Crippen molar-refractivity contribution in [2.45, 2.75) is 37.9 Å². The van der Waals surface area contributed by atoms with Gasteiger partial charge in [0.15, 0.2) is 0 Å². The van der Waals surface area contributed by atoms with Crippen molar-refractivity contribution in [2.75, 3.05) is 6.54 Å². The fraction of sp³-hybridized carbons (Fsp3) is 0.389. The molecular formula is C18H21FN4. The van der Waals surface area contributed by atoms with E-state index < -0.39 is 0 Å². The minimum absolute atomic E-state index is 0.112. The Bertz CT molecular complexity index is 710. The summed E-state index contributed by atoms with van der Waals surface area (Å²) < 4.78 is 16.0. The van der Waals surface area contributed by atoms with E-state index in [0.29, 0.717) is 6.04 Å². The third-order valence-corrected chi connectivity index (χ3v) is 4.51. The van der Waals surface area contributed by atoms with Crippen molar-refractivity contribution in [1.82, 2.24) is 15.3 Å². The van der Waals surface area contributed by atoms with Crippen LogP contribution in [-0.4, -0.2) is 23.4 Å². The molecule has 0 bridgehead atoms. The summed E-state index contributed by atoms with van der Waals surface area (Å²) in [7, 11) is 0. The fourth-order valence-corrected chi connectivity index (χ4v) is 3.12. The van der Waals surface area contributed by atoms with Crippen LogP contribution in [0.25, 0.3) is 11.3 Å². The molecule has 2 aromatic rings. The van der Waals surface area contributed by atoms with Gasteiger partial charge in [-0.2, -0.15) is 5.10 Å². The van der Waals surface area contributed by atoms with Crippen LogP contribution in [0.2, 0.25) is 0 Å². The number of benzene rings is 1. The first kappa shape index (κ1) is 14.5. The van der Waals surface area contributed by atoms with Gasteiger partial charge in [-0.3, -0.25) is 5.43 Å². The molecule has 0 unspecified atom stereocenters. The van der Waals surface area contributed by atoms with Gasteiger partial charge in [-0.25, -0.2) is 4.39 Å². The third-order valence-electron chi connectivity index (χ3n) is 4.51. The predicted octanol–water partition coefficient (Wildman–Crippen LogP) is 3.07. The highest BCUT2D eigenvalue weighted by atomic mass is 19.1. The van der Waals surface area contributed by atoms with Crippen LogP contribution < -0.4 is 10.7 Å². The Morgan fingerprint density at radius 2 is 2.22 bits per heavy atom. The van der Waals surface area contributed by atoms with Gasteiger partial charge in [0, 0.05) is 30.4 Å². The summed E-state index contributed by atoms with van der Waals surface area (Å²) in [6.45, 7) is 0.939. The SMILES string of the molecule is Fc1ccc(CCNC2CC2)c(-c2cccn2[C@H]2CC=NN2)c1. The maximum Gasteiger partial charge on any atom is 0.124 e. The minimum atomic E-state index is -0.192. The molecule has 2 heterocycles. The van der Waals surface area contributed by atoms with Gasteiger partial charge in [0.25, 0.3) is 0 Å². The van der Waals surface area contributed by atoms with Gasteiger partial charge in [0.1, 0.15) is 12.0 Å². The van der Waals surface area contributed by atoms with Crippen molar-refractivity contribution in [1.29, 1.82) is 0 Å². The van der Waals surface area contributed by atoms with Gasteiger partial charge < -0.3 is 9.88 Å². The lowest BCUT2D eigenvalue weighted by Gasteiger charge is -2.18. The molecule has 0 amide bonds. The molecule has 23 heavy (non-hydrogen) atoms. The zero-order valence-electron chi connectivity index (χ0n) is 13.0. The molecule has 0 radical (unpaired) electrons. The number of hydrazone groups is 1. The molecule has 1 aromatic heterocycles. The van der Waals surface area contributed by atoms with Crippen LogP contribution in [0.4, 0.5) is 4.39 Å². The lowest BCUT2D eigenvalue weighted by atomic mass is 10.0. The minimum Gasteiger partial charge on any atom is -0.325 e. The van der Waals surface area contributed by atoms with Gasteiger partial charge in [-0.05, 0) is 55.6 Å². The molecule has 120 valence electrons. The molecule has 1 saturated carbocycles. The molecule has 1 aromatic carbocycles. The first-order chi connectivity index (χ1) is 11.3. The number of hydrogen-bond donors (Lipinski definition) is 2. The predicted molar refractivity (Wildman–Crippen MR) is 89.8 cm³/mol. The molecular weight excluding hydrogens is 291 g/mol. The van der Waals surface area contributed by atoms with E-state index in [1.807, 2.05) is 30.6 Å². The molecule has 2 N–H and O–H groups in total. The number of rotatable bonds is 6. The lowest BCUT2D eigenvalue weighted by Crippen LogP contribution is -2.20. The lowest BCUT2D eigenvalue weighted by molar-refractivity contribution is 0.462. The van der Waals surface area contributed by atoms with E-state index in [1.165, 1.54) is 18.4 Å². The summed E-state index contributed by atoms with van der Waals surface area (Å²) >= 11 is 0. The summed E-state index contributed by atoms with van der Waals surface area (Å²) in [6, 6.07) is 9.87. The summed E-state index contributed by atoms with van der Waals surface area (Å²) in [5, 5.41) is 7.62. The number of aromatic nitrogens is 1. The van der Waals surface area contributed by atoms with Crippen LogP contribution in [0, 0.1) is 5.82 Å². The molecule has 2 aliphatic rings. The molecule has 5 heteroatoms. The Morgan fingerprint density at radius 1 is 1.30 bits per heavy atom. The van der Waals surface area contributed by atoms with Crippen LogP contribution in [-0.2, 0) is 6.42 Å². The monoisotopic (exact) mass is 312 g/mol. The van der Waals surface area contributed by atoms with Crippen LogP contribution in [0.5, 0.6) is 0 Å².